The van der Waals surface area contributed by atoms with Crippen LogP contribution in [0.2, 0.25) is 0 Å². The van der Waals surface area contributed by atoms with E-state index >= 15 is 0 Å². The molecule has 2 heteroatoms. The molecule has 0 saturated carbocycles. The summed E-state index contributed by atoms with van der Waals surface area (Å²) < 4.78 is 12.7. The fourth-order valence-electron chi connectivity index (χ4n) is 1.75. The number of hydrogen-bond donors (Lipinski definition) is 1. The van der Waals surface area contributed by atoms with Gasteiger partial charge in [-0.25, -0.2) is 4.39 Å². The van der Waals surface area contributed by atoms with E-state index in [4.69, 9.17) is 0 Å². The van der Waals surface area contributed by atoms with Gasteiger partial charge in [-0.3, -0.25) is 0 Å². The predicted molar refractivity (Wildman–Crippen MR) is 66.3 cm³/mol. The van der Waals surface area contributed by atoms with E-state index in [9.17, 15) is 9.50 Å². The Morgan fingerprint density at radius 3 is 1.88 bits per heavy atom. The molecule has 0 aliphatic carbocycles. The molecule has 0 spiro atoms. The SMILES string of the molecule is CC(O)c1ccc(Cc2ccc(F)cc2)cc1. The molecular formula is C15H15FO. The lowest BCUT2D eigenvalue weighted by Gasteiger charge is -2.06. The quantitative estimate of drug-likeness (QED) is 0.856. The first-order chi connectivity index (χ1) is 8.15. The third-order valence-electron chi connectivity index (χ3n) is 2.78. The Balaban J connectivity index is 2.11. The van der Waals surface area contributed by atoms with Crippen LogP contribution in [0.3, 0.4) is 0 Å². The first-order valence-corrected chi connectivity index (χ1v) is 5.66. The van der Waals surface area contributed by atoms with Crippen molar-refractivity contribution in [2.45, 2.75) is 19.4 Å². The van der Waals surface area contributed by atoms with Crippen LogP contribution in [-0.2, 0) is 6.42 Å². The van der Waals surface area contributed by atoms with Gasteiger partial charge in [-0.1, -0.05) is 36.4 Å². The zero-order chi connectivity index (χ0) is 12.3. The van der Waals surface area contributed by atoms with Crippen molar-refractivity contribution in [2.75, 3.05) is 0 Å². The minimum Gasteiger partial charge on any atom is -0.389 e. The van der Waals surface area contributed by atoms with Gasteiger partial charge in [0.2, 0.25) is 0 Å². The number of rotatable bonds is 3. The second kappa shape index (κ2) is 5.11. The molecule has 0 radical (unpaired) electrons. The van der Waals surface area contributed by atoms with Crippen molar-refractivity contribution in [3.8, 4) is 0 Å². The Kier molecular flexibility index (Phi) is 3.55. The van der Waals surface area contributed by atoms with E-state index in [0.717, 1.165) is 23.1 Å². The van der Waals surface area contributed by atoms with E-state index in [1.165, 1.54) is 12.1 Å². The minimum absolute atomic E-state index is 0.210. The van der Waals surface area contributed by atoms with E-state index < -0.39 is 6.10 Å². The van der Waals surface area contributed by atoms with E-state index in [1.807, 2.05) is 24.3 Å². The van der Waals surface area contributed by atoms with Crippen LogP contribution in [0.25, 0.3) is 0 Å². The van der Waals surface area contributed by atoms with Gasteiger partial charge in [0.05, 0.1) is 6.10 Å². The number of aliphatic hydroxyl groups is 1. The highest BCUT2D eigenvalue weighted by Gasteiger charge is 2.01. The van der Waals surface area contributed by atoms with Crippen molar-refractivity contribution in [3.05, 3.63) is 71.0 Å². The monoisotopic (exact) mass is 230 g/mol. The lowest BCUT2D eigenvalue weighted by atomic mass is 10.0. The first kappa shape index (κ1) is 11.8. The molecule has 1 unspecified atom stereocenters. The number of hydrogen-bond acceptors (Lipinski definition) is 1. The summed E-state index contributed by atoms with van der Waals surface area (Å²) >= 11 is 0. The fraction of sp³-hybridized carbons (Fsp3) is 0.200. The van der Waals surface area contributed by atoms with Crippen molar-refractivity contribution < 1.29 is 9.50 Å². The van der Waals surface area contributed by atoms with Crippen molar-refractivity contribution in [1.82, 2.24) is 0 Å². The van der Waals surface area contributed by atoms with Gasteiger partial charge in [-0.05, 0) is 42.2 Å². The minimum atomic E-state index is -0.435. The molecule has 88 valence electrons. The van der Waals surface area contributed by atoms with Crippen LogP contribution in [0.4, 0.5) is 4.39 Å². The van der Waals surface area contributed by atoms with Crippen LogP contribution >= 0.6 is 0 Å². The Morgan fingerprint density at radius 2 is 1.41 bits per heavy atom. The molecule has 0 amide bonds. The van der Waals surface area contributed by atoms with E-state index in [0.29, 0.717) is 0 Å². The van der Waals surface area contributed by atoms with Crippen molar-refractivity contribution in [3.63, 3.8) is 0 Å². The molecule has 1 N–H and O–H groups in total. The summed E-state index contributed by atoms with van der Waals surface area (Å²) in [6.45, 7) is 1.75. The molecule has 2 rings (SSSR count). The van der Waals surface area contributed by atoms with E-state index in [1.54, 1.807) is 19.1 Å². The molecule has 1 nitrogen and oxygen atoms in total. The van der Waals surface area contributed by atoms with Crippen molar-refractivity contribution >= 4 is 0 Å². The lowest BCUT2D eigenvalue weighted by Crippen LogP contribution is -1.93. The van der Waals surface area contributed by atoms with E-state index in [-0.39, 0.29) is 5.82 Å². The number of halogens is 1. The average Bonchev–Trinajstić information content (AvgIpc) is 2.33. The standard InChI is InChI=1S/C15H15FO/c1-11(17)14-6-2-12(3-7-14)10-13-4-8-15(16)9-5-13/h2-9,11,17H,10H2,1H3. The summed E-state index contributed by atoms with van der Waals surface area (Å²) in [5, 5.41) is 9.39. The van der Waals surface area contributed by atoms with Crippen LogP contribution < -0.4 is 0 Å². The van der Waals surface area contributed by atoms with Crippen molar-refractivity contribution in [1.29, 1.82) is 0 Å². The average molecular weight is 230 g/mol. The predicted octanol–water partition coefficient (Wildman–Crippen LogP) is 3.47. The molecular weight excluding hydrogens is 215 g/mol. The molecule has 0 aliphatic rings. The highest BCUT2D eigenvalue weighted by molar-refractivity contribution is 5.29. The van der Waals surface area contributed by atoms with Crippen LogP contribution in [0.15, 0.2) is 48.5 Å². The number of aliphatic hydroxyl groups excluding tert-OH is 1. The highest BCUT2D eigenvalue weighted by Crippen LogP contribution is 2.15. The number of benzene rings is 2. The van der Waals surface area contributed by atoms with Gasteiger partial charge >= 0.3 is 0 Å². The highest BCUT2D eigenvalue weighted by atomic mass is 19.1. The fourth-order valence-corrected chi connectivity index (χ4v) is 1.75. The summed E-state index contributed by atoms with van der Waals surface area (Å²) in [6.07, 6.45) is 0.343. The third kappa shape index (κ3) is 3.14. The molecule has 0 bridgehead atoms. The lowest BCUT2D eigenvalue weighted by molar-refractivity contribution is 0.199. The summed E-state index contributed by atoms with van der Waals surface area (Å²) in [4.78, 5) is 0. The maximum absolute atomic E-state index is 12.7. The summed E-state index contributed by atoms with van der Waals surface area (Å²) in [7, 11) is 0. The smallest absolute Gasteiger partial charge is 0.123 e. The summed E-state index contributed by atoms with van der Waals surface area (Å²) in [5.41, 5.74) is 3.14. The molecule has 0 fully saturated rings. The normalized spacial score (nSPS) is 12.4. The molecule has 2 aromatic rings. The van der Waals surface area contributed by atoms with Crippen molar-refractivity contribution in [2.24, 2.45) is 0 Å². The Bertz CT molecular complexity index is 471. The second-order valence-electron chi connectivity index (χ2n) is 4.22. The molecule has 0 saturated heterocycles. The Labute approximate surface area is 101 Å². The summed E-state index contributed by atoms with van der Waals surface area (Å²) in [6, 6.07) is 14.3. The molecule has 1 atom stereocenters. The molecule has 17 heavy (non-hydrogen) atoms. The van der Waals surface area contributed by atoms with Crippen LogP contribution in [-0.4, -0.2) is 5.11 Å². The molecule has 2 aromatic carbocycles. The molecule has 0 heterocycles. The maximum Gasteiger partial charge on any atom is 0.123 e. The van der Waals surface area contributed by atoms with Gasteiger partial charge in [-0.2, -0.15) is 0 Å². The Hall–Kier alpha value is -1.67. The van der Waals surface area contributed by atoms with Crippen LogP contribution in [0.5, 0.6) is 0 Å². The second-order valence-corrected chi connectivity index (χ2v) is 4.22. The van der Waals surface area contributed by atoms with Gasteiger partial charge < -0.3 is 5.11 Å². The van der Waals surface area contributed by atoms with Gasteiger partial charge in [0, 0.05) is 0 Å². The largest absolute Gasteiger partial charge is 0.389 e. The Morgan fingerprint density at radius 1 is 0.941 bits per heavy atom. The van der Waals surface area contributed by atoms with Gasteiger partial charge in [0.1, 0.15) is 5.82 Å². The van der Waals surface area contributed by atoms with Gasteiger partial charge in [0.15, 0.2) is 0 Å². The van der Waals surface area contributed by atoms with Crippen LogP contribution in [0.1, 0.15) is 29.7 Å². The van der Waals surface area contributed by atoms with E-state index in [2.05, 4.69) is 0 Å². The van der Waals surface area contributed by atoms with Gasteiger partial charge in [-0.15, -0.1) is 0 Å². The van der Waals surface area contributed by atoms with Crippen LogP contribution in [0, 0.1) is 5.82 Å². The zero-order valence-corrected chi connectivity index (χ0v) is 9.73. The third-order valence-corrected chi connectivity index (χ3v) is 2.78. The molecule has 0 aromatic heterocycles. The first-order valence-electron chi connectivity index (χ1n) is 5.66. The topological polar surface area (TPSA) is 20.2 Å². The maximum atomic E-state index is 12.7. The molecule has 0 aliphatic heterocycles. The zero-order valence-electron chi connectivity index (χ0n) is 9.73. The summed E-state index contributed by atoms with van der Waals surface area (Å²) in [5.74, 6) is -0.210. The van der Waals surface area contributed by atoms with Gasteiger partial charge in [0.25, 0.3) is 0 Å².